The molecule has 0 spiro atoms. The van der Waals surface area contributed by atoms with E-state index in [1.165, 1.54) is 6.20 Å². The summed E-state index contributed by atoms with van der Waals surface area (Å²) in [5.41, 5.74) is 0.172. The van der Waals surface area contributed by atoms with Gasteiger partial charge in [0.2, 0.25) is 5.88 Å². The molecule has 0 aliphatic carbocycles. The molecule has 0 aromatic carbocycles. The molecule has 0 fully saturated rings. The molecule has 0 radical (unpaired) electrons. The molecule has 0 aliphatic rings. The first-order valence-electron chi connectivity index (χ1n) is 4.35. The average molecular weight is 196 g/mol. The maximum absolute atomic E-state index is 10.5. The fourth-order valence-corrected chi connectivity index (χ4v) is 0.704. The lowest BCUT2D eigenvalue weighted by molar-refractivity contribution is -0.104. The lowest BCUT2D eigenvalue weighted by Crippen LogP contribution is -2.15. The van der Waals surface area contributed by atoms with E-state index in [1.54, 1.807) is 0 Å². The van der Waals surface area contributed by atoms with Gasteiger partial charge in [-0.15, -0.1) is 0 Å². The Hall–Kier alpha value is -1.58. The van der Waals surface area contributed by atoms with E-state index in [2.05, 4.69) is 11.9 Å². The van der Waals surface area contributed by atoms with Gasteiger partial charge in [0.05, 0.1) is 12.2 Å². The predicted molar refractivity (Wildman–Crippen MR) is 56.0 cm³/mol. The van der Waals surface area contributed by atoms with Gasteiger partial charge in [-0.2, -0.15) is 0 Å². The summed E-state index contributed by atoms with van der Waals surface area (Å²) in [6.07, 6.45) is 2.92. The van der Waals surface area contributed by atoms with Crippen molar-refractivity contribution in [2.45, 2.75) is 13.8 Å². The minimum atomic E-state index is 0.172. The van der Waals surface area contributed by atoms with Gasteiger partial charge in [-0.1, -0.05) is 20.4 Å². The smallest absolute Gasteiger partial charge is 0.203 e. The van der Waals surface area contributed by atoms with Gasteiger partial charge in [0, 0.05) is 6.21 Å². The standard InChI is InChI=1S/C10H16N2O2/c1-4-12-10(9(5-11)6-13)14-7-8(2)3/h4-6,8,11-12H,1,7H2,2-3H3/b10-9-,11-5?. The molecule has 4 heteroatoms. The summed E-state index contributed by atoms with van der Waals surface area (Å²) in [7, 11) is 0. The van der Waals surface area contributed by atoms with E-state index in [4.69, 9.17) is 10.1 Å². The molecule has 14 heavy (non-hydrogen) atoms. The third kappa shape index (κ3) is 4.45. The molecule has 4 nitrogen and oxygen atoms in total. The molecule has 0 rings (SSSR count). The van der Waals surface area contributed by atoms with E-state index < -0.39 is 0 Å². The Balaban J connectivity index is 4.55. The van der Waals surface area contributed by atoms with Crippen LogP contribution in [0.25, 0.3) is 0 Å². The van der Waals surface area contributed by atoms with E-state index >= 15 is 0 Å². The molecular weight excluding hydrogens is 180 g/mol. The molecule has 0 saturated heterocycles. The molecular formula is C10H16N2O2. The Morgan fingerprint density at radius 2 is 2.29 bits per heavy atom. The highest BCUT2D eigenvalue weighted by Gasteiger charge is 2.04. The molecule has 0 aromatic rings. The minimum Gasteiger partial charge on any atom is -0.478 e. The van der Waals surface area contributed by atoms with E-state index in [0.29, 0.717) is 18.8 Å². The van der Waals surface area contributed by atoms with Crippen molar-refractivity contribution in [3.63, 3.8) is 0 Å². The predicted octanol–water partition coefficient (Wildman–Crippen LogP) is 1.45. The highest BCUT2D eigenvalue weighted by atomic mass is 16.5. The Labute approximate surface area is 84.2 Å². The van der Waals surface area contributed by atoms with Gasteiger partial charge in [0.25, 0.3) is 0 Å². The van der Waals surface area contributed by atoms with Crippen molar-refractivity contribution in [2.24, 2.45) is 5.92 Å². The maximum Gasteiger partial charge on any atom is 0.203 e. The molecule has 2 N–H and O–H groups in total. The first-order valence-corrected chi connectivity index (χ1v) is 4.35. The van der Waals surface area contributed by atoms with Gasteiger partial charge >= 0.3 is 0 Å². The molecule has 0 amide bonds. The Bertz CT molecular complexity index is 235. The minimum absolute atomic E-state index is 0.172. The van der Waals surface area contributed by atoms with Crippen LogP contribution in [0.1, 0.15) is 13.8 Å². The average Bonchev–Trinajstić information content (AvgIpc) is 2.15. The van der Waals surface area contributed by atoms with Gasteiger partial charge in [-0.3, -0.25) is 4.79 Å². The Morgan fingerprint density at radius 1 is 1.64 bits per heavy atom. The second kappa shape index (κ2) is 6.88. The number of hydrogen-bond donors (Lipinski definition) is 2. The molecule has 78 valence electrons. The number of hydrogen-bond acceptors (Lipinski definition) is 4. The van der Waals surface area contributed by atoms with Crippen molar-refractivity contribution >= 4 is 12.5 Å². The van der Waals surface area contributed by atoms with Crippen molar-refractivity contribution in [3.8, 4) is 0 Å². The molecule has 0 saturated carbocycles. The third-order valence-corrected chi connectivity index (χ3v) is 1.34. The number of allylic oxidation sites excluding steroid dienone is 1. The summed E-state index contributed by atoms with van der Waals surface area (Å²) in [5, 5.41) is 9.66. The monoisotopic (exact) mass is 196 g/mol. The fraction of sp³-hybridized carbons (Fsp3) is 0.400. The zero-order valence-corrected chi connectivity index (χ0v) is 8.54. The van der Waals surface area contributed by atoms with Crippen molar-refractivity contribution in [3.05, 3.63) is 24.2 Å². The van der Waals surface area contributed by atoms with Crippen LogP contribution in [0, 0.1) is 11.3 Å². The van der Waals surface area contributed by atoms with Crippen LogP contribution in [0.3, 0.4) is 0 Å². The van der Waals surface area contributed by atoms with Gasteiger partial charge < -0.3 is 15.5 Å². The lowest BCUT2D eigenvalue weighted by Gasteiger charge is -2.12. The summed E-state index contributed by atoms with van der Waals surface area (Å²) in [4.78, 5) is 10.5. The summed E-state index contributed by atoms with van der Waals surface area (Å²) >= 11 is 0. The van der Waals surface area contributed by atoms with Crippen LogP contribution < -0.4 is 5.32 Å². The normalized spacial score (nSPS) is 11.6. The van der Waals surface area contributed by atoms with Crippen LogP contribution in [0.15, 0.2) is 24.2 Å². The number of carbonyl (C=O) groups is 1. The van der Waals surface area contributed by atoms with Gasteiger partial charge in [-0.25, -0.2) is 0 Å². The molecule has 0 atom stereocenters. The van der Waals surface area contributed by atoms with Crippen LogP contribution in [-0.4, -0.2) is 19.1 Å². The fourth-order valence-electron chi connectivity index (χ4n) is 0.704. The molecule has 0 aromatic heterocycles. The number of nitrogens with one attached hydrogen (secondary N) is 2. The molecule has 0 unspecified atom stereocenters. The topological polar surface area (TPSA) is 62.2 Å². The van der Waals surface area contributed by atoms with Gasteiger partial charge in [0.15, 0.2) is 6.29 Å². The summed E-state index contributed by atoms with van der Waals surface area (Å²) in [6, 6.07) is 0. The largest absolute Gasteiger partial charge is 0.478 e. The summed E-state index contributed by atoms with van der Waals surface area (Å²) in [5.74, 6) is 0.633. The Kier molecular flexibility index (Phi) is 6.11. The van der Waals surface area contributed by atoms with E-state index in [9.17, 15) is 4.79 Å². The van der Waals surface area contributed by atoms with Gasteiger partial charge in [-0.05, 0) is 12.1 Å². The zero-order chi connectivity index (χ0) is 11.0. The molecule has 0 aliphatic heterocycles. The van der Waals surface area contributed by atoms with Crippen LogP contribution >= 0.6 is 0 Å². The molecule has 0 heterocycles. The third-order valence-electron chi connectivity index (χ3n) is 1.34. The van der Waals surface area contributed by atoms with E-state index in [1.807, 2.05) is 13.8 Å². The summed E-state index contributed by atoms with van der Waals surface area (Å²) < 4.78 is 5.30. The second-order valence-corrected chi connectivity index (χ2v) is 3.10. The van der Waals surface area contributed by atoms with Crippen LogP contribution in [0.4, 0.5) is 0 Å². The maximum atomic E-state index is 10.5. The number of aldehydes is 1. The lowest BCUT2D eigenvalue weighted by atomic mass is 10.2. The zero-order valence-electron chi connectivity index (χ0n) is 8.54. The van der Waals surface area contributed by atoms with Crippen molar-refractivity contribution in [1.82, 2.24) is 5.32 Å². The number of carbonyl (C=O) groups excluding carboxylic acids is 1. The van der Waals surface area contributed by atoms with Crippen molar-refractivity contribution < 1.29 is 9.53 Å². The second-order valence-electron chi connectivity index (χ2n) is 3.10. The van der Waals surface area contributed by atoms with Crippen molar-refractivity contribution in [1.29, 1.82) is 5.41 Å². The number of ether oxygens (including phenoxy) is 1. The van der Waals surface area contributed by atoms with Gasteiger partial charge in [0.1, 0.15) is 0 Å². The quantitative estimate of drug-likeness (QED) is 0.280. The highest BCUT2D eigenvalue weighted by Crippen LogP contribution is 2.02. The SMILES string of the molecule is C=CN/C(OCC(C)C)=C(\C=N)C=O. The molecule has 0 bridgehead atoms. The van der Waals surface area contributed by atoms with Crippen LogP contribution in [0.2, 0.25) is 0 Å². The Morgan fingerprint density at radius 3 is 2.64 bits per heavy atom. The van der Waals surface area contributed by atoms with E-state index in [0.717, 1.165) is 6.21 Å². The summed E-state index contributed by atoms with van der Waals surface area (Å²) in [6.45, 7) is 7.94. The van der Waals surface area contributed by atoms with Crippen LogP contribution in [0.5, 0.6) is 0 Å². The number of rotatable bonds is 7. The van der Waals surface area contributed by atoms with E-state index in [-0.39, 0.29) is 11.5 Å². The highest BCUT2D eigenvalue weighted by molar-refractivity contribution is 6.00. The van der Waals surface area contributed by atoms with Crippen LogP contribution in [-0.2, 0) is 9.53 Å². The van der Waals surface area contributed by atoms with Crippen molar-refractivity contribution in [2.75, 3.05) is 6.61 Å². The first kappa shape index (κ1) is 12.4. The first-order chi connectivity index (χ1) is 6.65.